The van der Waals surface area contributed by atoms with E-state index < -0.39 is 17.8 Å². The molecule has 0 heterocycles. The Balaban J connectivity index is 1.84. The number of ether oxygens (including phenoxy) is 2. The summed E-state index contributed by atoms with van der Waals surface area (Å²) in [4.78, 5) is 36.7. The zero-order valence-electron chi connectivity index (χ0n) is 17.6. The number of carbonyl (C=O) groups excluding carboxylic acids is 3. The van der Waals surface area contributed by atoms with Crippen molar-refractivity contribution in [2.45, 2.75) is 39.7 Å². The molecule has 7 nitrogen and oxygen atoms in total. The second-order valence-corrected chi connectivity index (χ2v) is 7.76. The van der Waals surface area contributed by atoms with E-state index in [0.717, 1.165) is 10.8 Å². The molecule has 0 atom stereocenters. The Hall–Kier alpha value is -3.09. The van der Waals surface area contributed by atoms with Crippen LogP contribution in [0.25, 0.3) is 10.8 Å². The van der Waals surface area contributed by atoms with E-state index in [1.165, 1.54) is 11.8 Å². The summed E-state index contributed by atoms with van der Waals surface area (Å²) in [6.45, 7) is 7.43. The highest BCUT2D eigenvalue weighted by molar-refractivity contribution is 5.99. The van der Waals surface area contributed by atoms with E-state index in [1.807, 2.05) is 24.3 Å². The molecule has 1 N–H and O–H groups in total. The zero-order chi connectivity index (χ0) is 21.6. The van der Waals surface area contributed by atoms with E-state index in [4.69, 9.17) is 9.47 Å². The predicted molar refractivity (Wildman–Crippen MR) is 113 cm³/mol. The first kappa shape index (κ1) is 22.2. The molecule has 0 aromatic heterocycles. The van der Waals surface area contributed by atoms with E-state index in [1.54, 1.807) is 40.0 Å². The normalized spacial score (nSPS) is 11.1. The molecule has 156 valence electrons. The van der Waals surface area contributed by atoms with Crippen LogP contribution in [-0.4, -0.2) is 43.8 Å². The fraction of sp³-hybridized carbons (Fsp3) is 0.409. The molecule has 2 aromatic rings. The maximum absolute atomic E-state index is 12.3. The van der Waals surface area contributed by atoms with Gasteiger partial charge in [0.05, 0.1) is 6.61 Å². The lowest BCUT2D eigenvalue weighted by Crippen LogP contribution is -2.33. The maximum Gasteiger partial charge on any atom is 0.414 e. The first-order chi connectivity index (χ1) is 13.6. The summed E-state index contributed by atoms with van der Waals surface area (Å²) < 4.78 is 10.4. The molecule has 0 unspecified atom stereocenters. The van der Waals surface area contributed by atoms with Crippen molar-refractivity contribution in [3.63, 3.8) is 0 Å². The molecular formula is C22H28N2O5. The highest BCUT2D eigenvalue weighted by atomic mass is 16.6. The fourth-order valence-corrected chi connectivity index (χ4v) is 2.60. The highest BCUT2D eigenvalue weighted by Crippen LogP contribution is 2.23. The summed E-state index contributed by atoms with van der Waals surface area (Å²) in [7, 11) is 1.63. The number of amides is 2. The van der Waals surface area contributed by atoms with Crippen LogP contribution in [0.2, 0.25) is 0 Å². The van der Waals surface area contributed by atoms with Gasteiger partial charge in [0, 0.05) is 24.8 Å². The molecule has 0 aliphatic rings. The van der Waals surface area contributed by atoms with E-state index in [2.05, 4.69) is 5.32 Å². The monoisotopic (exact) mass is 400 g/mol. The standard InChI is InChI=1S/C22H28N2O5/c1-15(25)16-7-8-18-14-19(10-9-17(18)13-16)24(5)21(27)28-12-6-11-23-20(26)29-22(2,3)4/h7-10,13-14H,6,11-12H2,1-5H3,(H,23,26). The number of hydrogen-bond donors (Lipinski definition) is 1. The molecule has 0 fully saturated rings. The van der Waals surface area contributed by atoms with E-state index >= 15 is 0 Å². The minimum Gasteiger partial charge on any atom is -0.449 e. The van der Waals surface area contributed by atoms with Crippen LogP contribution in [0.15, 0.2) is 36.4 Å². The lowest BCUT2D eigenvalue weighted by Gasteiger charge is -2.20. The van der Waals surface area contributed by atoms with Crippen LogP contribution in [-0.2, 0) is 9.47 Å². The van der Waals surface area contributed by atoms with Crippen molar-refractivity contribution in [2.75, 3.05) is 25.1 Å². The van der Waals surface area contributed by atoms with Gasteiger partial charge in [-0.05, 0) is 63.1 Å². The van der Waals surface area contributed by atoms with Crippen molar-refractivity contribution in [3.05, 3.63) is 42.0 Å². The van der Waals surface area contributed by atoms with Gasteiger partial charge in [-0.3, -0.25) is 9.69 Å². The van der Waals surface area contributed by atoms with Crippen LogP contribution < -0.4 is 10.2 Å². The number of benzene rings is 2. The number of Topliss-reactive ketones (excluding diaryl/α,β-unsaturated/α-hetero) is 1. The quantitative estimate of drug-likeness (QED) is 0.569. The molecule has 0 bridgehead atoms. The van der Waals surface area contributed by atoms with Crippen LogP contribution in [0.5, 0.6) is 0 Å². The minimum atomic E-state index is -0.549. The number of fused-ring (bicyclic) bond motifs is 1. The van der Waals surface area contributed by atoms with Crippen molar-refractivity contribution in [1.29, 1.82) is 0 Å². The largest absolute Gasteiger partial charge is 0.449 e. The van der Waals surface area contributed by atoms with E-state index in [9.17, 15) is 14.4 Å². The van der Waals surface area contributed by atoms with Gasteiger partial charge in [0.1, 0.15) is 5.60 Å². The van der Waals surface area contributed by atoms with Crippen molar-refractivity contribution in [3.8, 4) is 0 Å². The molecule has 0 saturated carbocycles. The number of nitrogens with zero attached hydrogens (tertiary/aromatic N) is 1. The second-order valence-electron chi connectivity index (χ2n) is 7.76. The van der Waals surface area contributed by atoms with Gasteiger partial charge in [-0.2, -0.15) is 0 Å². The van der Waals surface area contributed by atoms with Gasteiger partial charge in [-0.15, -0.1) is 0 Å². The van der Waals surface area contributed by atoms with Crippen LogP contribution in [0.3, 0.4) is 0 Å². The number of nitrogens with one attached hydrogen (secondary N) is 1. The first-order valence-corrected chi connectivity index (χ1v) is 9.49. The van der Waals surface area contributed by atoms with Gasteiger partial charge in [-0.25, -0.2) is 9.59 Å². The van der Waals surface area contributed by atoms with Crippen molar-refractivity contribution < 1.29 is 23.9 Å². The minimum absolute atomic E-state index is 0.0119. The predicted octanol–water partition coefficient (Wildman–Crippen LogP) is 4.53. The Labute approximate surface area is 171 Å². The molecule has 0 aliphatic carbocycles. The number of rotatable bonds is 6. The van der Waals surface area contributed by atoms with Gasteiger partial charge < -0.3 is 14.8 Å². The SMILES string of the molecule is CC(=O)c1ccc2cc(N(C)C(=O)OCCCNC(=O)OC(C)(C)C)ccc2c1. The van der Waals surface area contributed by atoms with E-state index in [-0.39, 0.29) is 12.4 Å². The molecule has 2 rings (SSSR count). The van der Waals surface area contributed by atoms with Gasteiger partial charge in [0.2, 0.25) is 0 Å². The van der Waals surface area contributed by atoms with Crippen LogP contribution in [0, 0.1) is 0 Å². The zero-order valence-corrected chi connectivity index (χ0v) is 17.6. The average Bonchev–Trinajstić information content (AvgIpc) is 2.64. The molecule has 7 heteroatoms. The summed E-state index contributed by atoms with van der Waals surface area (Å²) >= 11 is 0. The van der Waals surface area contributed by atoms with Crippen molar-refractivity contribution in [2.24, 2.45) is 0 Å². The topological polar surface area (TPSA) is 84.9 Å². The van der Waals surface area contributed by atoms with Crippen LogP contribution >= 0.6 is 0 Å². The molecule has 29 heavy (non-hydrogen) atoms. The molecule has 0 saturated heterocycles. The number of anilines is 1. The lowest BCUT2D eigenvalue weighted by atomic mass is 10.0. The molecular weight excluding hydrogens is 372 g/mol. The van der Waals surface area contributed by atoms with Gasteiger partial charge in [0.25, 0.3) is 0 Å². The van der Waals surface area contributed by atoms with Crippen LogP contribution in [0.1, 0.15) is 44.5 Å². The summed E-state index contributed by atoms with van der Waals surface area (Å²) in [5.74, 6) is 0.0119. The lowest BCUT2D eigenvalue weighted by molar-refractivity contribution is 0.0524. The van der Waals surface area contributed by atoms with Gasteiger partial charge in [-0.1, -0.05) is 18.2 Å². The molecule has 0 radical (unpaired) electrons. The van der Waals surface area contributed by atoms with E-state index in [0.29, 0.717) is 24.2 Å². The average molecular weight is 400 g/mol. The smallest absolute Gasteiger partial charge is 0.414 e. The maximum atomic E-state index is 12.3. The number of carbonyl (C=O) groups is 3. The first-order valence-electron chi connectivity index (χ1n) is 9.49. The van der Waals surface area contributed by atoms with Crippen molar-refractivity contribution in [1.82, 2.24) is 5.32 Å². The number of alkyl carbamates (subject to hydrolysis) is 1. The highest BCUT2D eigenvalue weighted by Gasteiger charge is 2.16. The summed E-state index contributed by atoms with van der Waals surface area (Å²) in [6.07, 6.45) is -0.503. The Kier molecular flexibility index (Phi) is 7.20. The molecule has 2 aromatic carbocycles. The molecule has 2 amide bonds. The summed E-state index contributed by atoms with van der Waals surface area (Å²) in [6, 6.07) is 11.0. The second kappa shape index (κ2) is 9.41. The Morgan fingerprint density at radius 1 is 1.03 bits per heavy atom. The Bertz CT molecular complexity index is 902. The fourth-order valence-electron chi connectivity index (χ4n) is 2.60. The third kappa shape index (κ3) is 6.78. The third-order valence-electron chi connectivity index (χ3n) is 4.11. The van der Waals surface area contributed by atoms with Crippen molar-refractivity contribution >= 4 is 34.4 Å². The van der Waals surface area contributed by atoms with Gasteiger partial charge in [0.15, 0.2) is 5.78 Å². The summed E-state index contributed by atoms with van der Waals surface area (Å²) in [5.41, 5.74) is 0.787. The van der Waals surface area contributed by atoms with Gasteiger partial charge >= 0.3 is 12.2 Å². The number of hydrogen-bond acceptors (Lipinski definition) is 5. The Morgan fingerprint density at radius 2 is 1.69 bits per heavy atom. The van der Waals surface area contributed by atoms with Crippen LogP contribution in [0.4, 0.5) is 15.3 Å². The third-order valence-corrected chi connectivity index (χ3v) is 4.11. The molecule has 0 aliphatic heterocycles. The number of ketones is 1. The summed E-state index contributed by atoms with van der Waals surface area (Å²) in [5, 5.41) is 4.47. The Morgan fingerprint density at radius 3 is 2.34 bits per heavy atom. The molecule has 0 spiro atoms.